The maximum atomic E-state index is 12.4. The van der Waals surface area contributed by atoms with Gasteiger partial charge in [0.15, 0.2) is 0 Å². The van der Waals surface area contributed by atoms with Crippen molar-refractivity contribution < 1.29 is 14.3 Å². The number of methoxy groups -OCH3 is 1. The van der Waals surface area contributed by atoms with Crippen LogP contribution in [0.5, 0.6) is 11.5 Å². The summed E-state index contributed by atoms with van der Waals surface area (Å²) in [5.74, 6) is 1.41. The minimum Gasteiger partial charge on any atom is -0.497 e. The average Bonchev–Trinajstić information content (AvgIpc) is 2.64. The fraction of sp³-hybridized carbons (Fsp3) is 0.316. The van der Waals surface area contributed by atoms with Gasteiger partial charge in [0.2, 0.25) is 0 Å². The Kier molecular flexibility index (Phi) is 5.66. The molecule has 0 bridgehead atoms. The molecule has 0 spiro atoms. The monoisotopic (exact) mass is 360 g/mol. The molecule has 1 heterocycles. The highest BCUT2D eigenvalue weighted by atomic mass is 35.5. The van der Waals surface area contributed by atoms with E-state index in [2.05, 4.69) is 5.32 Å². The van der Waals surface area contributed by atoms with Gasteiger partial charge in [0, 0.05) is 37.7 Å². The number of carbonyl (C=O) groups excluding carboxylic acids is 1. The van der Waals surface area contributed by atoms with Gasteiger partial charge in [0.05, 0.1) is 12.1 Å². The largest absolute Gasteiger partial charge is 0.497 e. The number of likely N-dealkylation sites (tertiary alicyclic amines) is 1. The molecular weight excluding hydrogens is 340 g/mol. The molecule has 0 radical (unpaired) electrons. The number of para-hydroxylation sites is 1. The predicted octanol–water partition coefficient (Wildman–Crippen LogP) is 4.42. The van der Waals surface area contributed by atoms with E-state index in [4.69, 9.17) is 21.1 Å². The summed E-state index contributed by atoms with van der Waals surface area (Å²) >= 11 is 6.13. The van der Waals surface area contributed by atoms with Crippen molar-refractivity contribution in [2.24, 2.45) is 0 Å². The van der Waals surface area contributed by atoms with Gasteiger partial charge in [-0.15, -0.1) is 0 Å². The van der Waals surface area contributed by atoms with Gasteiger partial charge < -0.3 is 19.7 Å². The number of urea groups is 1. The van der Waals surface area contributed by atoms with Crippen molar-refractivity contribution in [2.75, 3.05) is 25.5 Å². The quantitative estimate of drug-likeness (QED) is 0.877. The third kappa shape index (κ3) is 4.57. The predicted molar refractivity (Wildman–Crippen MR) is 98.7 cm³/mol. The number of nitrogens with zero attached hydrogens (tertiary/aromatic N) is 1. The molecule has 0 aromatic heterocycles. The summed E-state index contributed by atoms with van der Waals surface area (Å²) in [5.41, 5.74) is 0.721. The van der Waals surface area contributed by atoms with Crippen molar-refractivity contribution in [1.29, 1.82) is 0 Å². The van der Waals surface area contributed by atoms with Crippen molar-refractivity contribution in [2.45, 2.75) is 18.9 Å². The molecule has 1 fully saturated rings. The fourth-order valence-corrected chi connectivity index (χ4v) is 2.98. The second kappa shape index (κ2) is 8.12. The van der Waals surface area contributed by atoms with E-state index in [1.165, 1.54) is 0 Å². The maximum Gasteiger partial charge on any atom is 0.321 e. The standard InChI is InChI=1S/C19H21ClN2O3/c1-24-16-6-4-5-14(13-16)21-19(23)22-11-9-15(10-12-22)25-18-8-3-2-7-17(18)20/h2-8,13,15H,9-12H2,1H3,(H,21,23). The van der Waals surface area contributed by atoms with Gasteiger partial charge >= 0.3 is 6.03 Å². The number of hydrogen-bond donors (Lipinski definition) is 1. The molecule has 0 atom stereocenters. The molecule has 132 valence electrons. The highest BCUT2D eigenvalue weighted by Gasteiger charge is 2.24. The van der Waals surface area contributed by atoms with Gasteiger partial charge in [-0.25, -0.2) is 4.79 Å². The number of piperidine rings is 1. The molecule has 2 aromatic rings. The smallest absolute Gasteiger partial charge is 0.321 e. The lowest BCUT2D eigenvalue weighted by molar-refractivity contribution is 0.115. The molecule has 6 heteroatoms. The maximum absolute atomic E-state index is 12.4. The Morgan fingerprint density at radius 1 is 1.16 bits per heavy atom. The van der Waals surface area contributed by atoms with Crippen LogP contribution in [0, 0.1) is 0 Å². The number of hydrogen-bond acceptors (Lipinski definition) is 3. The van der Waals surface area contributed by atoms with Crippen molar-refractivity contribution in [3.05, 3.63) is 53.6 Å². The van der Waals surface area contributed by atoms with Crippen LogP contribution in [-0.2, 0) is 0 Å². The molecule has 0 saturated carbocycles. The SMILES string of the molecule is COc1cccc(NC(=O)N2CCC(Oc3ccccc3Cl)CC2)c1. The number of carbonyl (C=O) groups is 1. The Morgan fingerprint density at radius 2 is 1.92 bits per heavy atom. The first kappa shape index (κ1) is 17.4. The number of rotatable bonds is 4. The van der Waals surface area contributed by atoms with Crippen LogP contribution in [0.3, 0.4) is 0 Å². The molecule has 1 aliphatic heterocycles. The average molecular weight is 361 g/mol. The van der Waals surface area contributed by atoms with Gasteiger partial charge in [-0.3, -0.25) is 0 Å². The Labute approximate surface area is 152 Å². The van der Waals surface area contributed by atoms with Gasteiger partial charge in [-0.05, 0) is 24.3 Å². The van der Waals surface area contributed by atoms with Crippen molar-refractivity contribution >= 4 is 23.3 Å². The van der Waals surface area contributed by atoms with E-state index in [1.54, 1.807) is 18.1 Å². The normalized spacial score (nSPS) is 14.9. The fourth-order valence-electron chi connectivity index (χ4n) is 2.80. The summed E-state index contributed by atoms with van der Waals surface area (Å²) in [6, 6.07) is 14.7. The summed E-state index contributed by atoms with van der Waals surface area (Å²) in [6.07, 6.45) is 1.62. The zero-order valence-electron chi connectivity index (χ0n) is 14.1. The summed E-state index contributed by atoms with van der Waals surface area (Å²) in [6.45, 7) is 1.29. The molecule has 1 saturated heterocycles. The molecular formula is C19H21ClN2O3. The Balaban J connectivity index is 1.51. The van der Waals surface area contributed by atoms with Crippen LogP contribution < -0.4 is 14.8 Å². The number of anilines is 1. The molecule has 5 nitrogen and oxygen atoms in total. The summed E-state index contributed by atoms with van der Waals surface area (Å²) in [5, 5.41) is 3.52. The van der Waals surface area contributed by atoms with Crippen LogP contribution in [0.1, 0.15) is 12.8 Å². The molecule has 0 unspecified atom stereocenters. The van der Waals surface area contributed by atoms with E-state index in [-0.39, 0.29) is 12.1 Å². The highest BCUT2D eigenvalue weighted by Crippen LogP contribution is 2.27. The second-order valence-electron chi connectivity index (χ2n) is 5.90. The third-order valence-electron chi connectivity index (χ3n) is 4.18. The first-order chi connectivity index (χ1) is 12.2. The van der Waals surface area contributed by atoms with E-state index < -0.39 is 0 Å². The third-order valence-corrected chi connectivity index (χ3v) is 4.49. The first-order valence-corrected chi connectivity index (χ1v) is 8.64. The minimum atomic E-state index is -0.107. The van der Waals surface area contributed by atoms with E-state index >= 15 is 0 Å². The zero-order valence-corrected chi connectivity index (χ0v) is 14.8. The van der Waals surface area contributed by atoms with Crippen molar-refractivity contribution in [3.8, 4) is 11.5 Å². The van der Waals surface area contributed by atoms with Crippen LogP contribution in [0.2, 0.25) is 5.02 Å². The Hall–Kier alpha value is -2.40. The van der Waals surface area contributed by atoms with Crippen molar-refractivity contribution in [3.63, 3.8) is 0 Å². The van der Waals surface area contributed by atoms with E-state index in [0.717, 1.165) is 18.5 Å². The van der Waals surface area contributed by atoms with Crippen LogP contribution in [0.4, 0.5) is 10.5 Å². The molecule has 1 aliphatic rings. The highest BCUT2D eigenvalue weighted by molar-refractivity contribution is 6.32. The van der Waals surface area contributed by atoms with Gasteiger partial charge in [0.1, 0.15) is 17.6 Å². The number of ether oxygens (including phenoxy) is 2. The van der Waals surface area contributed by atoms with Crippen LogP contribution in [-0.4, -0.2) is 37.2 Å². The lowest BCUT2D eigenvalue weighted by Crippen LogP contribution is -2.43. The lowest BCUT2D eigenvalue weighted by atomic mass is 10.1. The Morgan fingerprint density at radius 3 is 2.64 bits per heavy atom. The minimum absolute atomic E-state index is 0.0702. The number of benzene rings is 2. The van der Waals surface area contributed by atoms with Crippen molar-refractivity contribution in [1.82, 2.24) is 4.90 Å². The second-order valence-corrected chi connectivity index (χ2v) is 6.30. The lowest BCUT2D eigenvalue weighted by Gasteiger charge is -2.32. The summed E-state index contributed by atoms with van der Waals surface area (Å²) in [7, 11) is 1.60. The van der Waals surface area contributed by atoms with Gasteiger partial charge in [0.25, 0.3) is 0 Å². The number of amides is 2. The van der Waals surface area contributed by atoms with Gasteiger partial charge in [-0.2, -0.15) is 0 Å². The zero-order chi connectivity index (χ0) is 17.6. The number of halogens is 1. The van der Waals surface area contributed by atoms with E-state index in [0.29, 0.717) is 29.6 Å². The number of nitrogens with one attached hydrogen (secondary N) is 1. The van der Waals surface area contributed by atoms with Gasteiger partial charge in [-0.1, -0.05) is 29.8 Å². The molecule has 3 rings (SSSR count). The van der Waals surface area contributed by atoms with E-state index in [1.807, 2.05) is 42.5 Å². The van der Waals surface area contributed by atoms with Crippen LogP contribution in [0.15, 0.2) is 48.5 Å². The molecule has 1 N–H and O–H groups in total. The molecule has 2 aromatic carbocycles. The molecule has 25 heavy (non-hydrogen) atoms. The topological polar surface area (TPSA) is 50.8 Å². The molecule has 2 amide bonds. The van der Waals surface area contributed by atoms with Crippen LogP contribution in [0.25, 0.3) is 0 Å². The molecule has 0 aliphatic carbocycles. The summed E-state index contributed by atoms with van der Waals surface area (Å²) < 4.78 is 11.1. The first-order valence-electron chi connectivity index (χ1n) is 8.27. The van der Waals surface area contributed by atoms with E-state index in [9.17, 15) is 4.79 Å². The summed E-state index contributed by atoms with van der Waals surface area (Å²) in [4.78, 5) is 14.2. The Bertz CT molecular complexity index is 730. The van der Waals surface area contributed by atoms with Crippen LogP contribution >= 0.6 is 11.6 Å².